The van der Waals surface area contributed by atoms with Crippen LogP contribution in [0.15, 0.2) is 30.3 Å². The van der Waals surface area contributed by atoms with Crippen LogP contribution in [-0.2, 0) is 13.0 Å². The van der Waals surface area contributed by atoms with Gasteiger partial charge in [-0.2, -0.15) is 0 Å². The Morgan fingerprint density at radius 1 is 1.24 bits per heavy atom. The lowest BCUT2D eigenvalue weighted by Crippen LogP contribution is -2.37. The molecule has 0 radical (unpaired) electrons. The highest BCUT2D eigenvalue weighted by molar-refractivity contribution is 5.96. The fourth-order valence-corrected chi connectivity index (χ4v) is 2.73. The number of hydrogen-bond acceptors (Lipinski definition) is 3. The number of alkyl halides is 3. The molecule has 1 aromatic heterocycles. The third-order valence-electron chi connectivity index (χ3n) is 3.86. The van der Waals surface area contributed by atoms with Crippen LogP contribution in [0.3, 0.4) is 0 Å². The van der Waals surface area contributed by atoms with Gasteiger partial charge in [0.15, 0.2) is 0 Å². The highest BCUT2D eigenvalue weighted by atomic mass is 19.4. The van der Waals surface area contributed by atoms with Gasteiger partial charge in [0.25, 0.3) is 5.91 Å². The van der Waals surface area contributed by atoms with Crippen LogP contribution in [0.4, 0.5) is 17.6 Å². The van der Waals surface area contributed by atoms with Gasteiger partial charge in [-0.1, -0.05) is 0 Å². The van der Waals surface area contributed by atoms with E-state index in [0.717, 1.165) is 23.9 Å². The molecule has 0 N–H and O–H groups in total. The van der Waals surface area contributed by atoms with E-state index in [-0.39, 0.29) is 18.0 Å². The van der Waals surface area contributed by atoms with Gasteiger partial charge >= 0.3 is 6.36 Å². The molecule has 132 valence electrons. The molecule has 3 rings (SSSR count). The van der Waals surface area contributed by atoms with Crippen molar-refractivity contribution in [2.24, 2.45) is 0 Å². The fraction of sp³-hybridized carbons (Fsp3) is 0.294. The van der Waals surface area contributed by atoms with E-state index in [1.807, 2.05) is 6.92 Å². The zero-order valence-electron chi connectivity index (χ0n) is 13.2. The molecule has 25 heavy (non-hydrogen) atoms. The van der Waals surface area contributed by atoms with Crippen molar-refractivity contribution in [3.8, 4) is 5.75 Å². The number of benzene rings is 1. The second-order valence-electron chi connectivity index (χ2n) is 5.72. The smallest absolute Gasteiger partial charge is 0.406 e. The molecule has 0 fully saturated rings. The number of aryl methyl sites for hydroxylation is 1. The van der Waals surface area contributed by atoms with E-state index in [2.05, 4.69) is 9.72 Å². The predicted octanol–water partition coefficient (Wildman–Crippen LogP) is 3.63. The average Bonchev–Trinajstić information content (AvgIpc) is 2.51. The highest BCUT2D eigenvalue weighted by Gasteiger charge is 2.32. The summed E-state index contributed by atoms with van der Waals surface area (Å²) in [6.45, 7) is 1.98. The zero-order valence-corrected chi connectivity index (χ0v) is 13.2. The van der Waals surface area contributed by atoms with Crippen LogP contribution in [-0.4, -0.2) is 28.7 Å². The van der Waals surface area contributed by atoms with Gasteiger partial charge < -0.3 is 9.64 Å². The monoisotopic (exact) mass is 354 g/mol. The SMILES string of the molecule is Cc1ccc2c(n1)CCN(Cc1cc(OC(F)(F)F)ccc1F)C2=O. The molecule has 2 aromatic rings. The Kier molecular flexibility index (Phi) is 4.36. The summed E-state index contributed by atoms with van der Waals surface area (Å²) in [6, 6.07) is 6.11. The van der Waals surface area contributed by atoms with E-state index in [1.165, 1.54) is 4.90 Å². The molecule has 0 aliphatic carbocycles. The standard InChI is InChI=1S/C17H14F4N2O2/c1-10-2-4-13-15(22-10)6-7-23(16(13)24)9-11-8-12(3-5-14(11)18)25-17(19,20)21/h2-5,8H,6-7,9H2,1H3. The summed E-state index contributed by atoms with van der Waals surface area (Å²) in [6.07, 6.45) is -4.36. The van der Waals surface area contributed by atoms with Crippen molar-refractivity contribution >= 4 is 5.91 Å². The van der Waals surface area contributed by atoms with Gasteiger partial charge in [-0.15, -0.1) is 13.2 Å². The number of pyridine rings is 1. The van der Waals surface area contributed by atoms with Crippen LogP contribution in [0.2, 0.25) is 0 Å². The summed E-state index contributed by atoms with van der Waals surface area (Å²) in [5, 5.41) is 0. The van der Waals surface area contributed by atoms with Crippen LogP contribution in [0.25, 0.3) is 0 Å². The van der Waals surface area contributed by atoms with Gasteiger partial charge in [-0.25, -0.2) is 4.39 Å². The number of carbonyl (C=O) groups is 1. The molecule has 0 atom stereocenters. The third kappa shape index (κ3) is 3.89. The number of halogens is 4. The van der Waals surface area contributed by atoms with E-state index in [1.54, 1.807) is 12.1 Å². The number of carbonyl (C=O) groups excluding carboxylic acids is 1. The van der Waals surface area contributed by atoms with Crippen LogP contribution < -0.4 is 4.74 Å². The van der Waals surface area contributed by atoms with Crippen LogP contribution in [0, 0.1) is 12.7 Å². The van der Waals surface area contributed by atoms with E-state index < -0.39 is 17.9 Å². The summed E-state index contributed by atoms with van der Waals surface area (Å²) in [5.41, 5.74) is 1.86. The minimum absolute atomic E-state index is 0.0429. The Bertz CT molecular complexity index is 821. The van der Waals surface area contributed by atoms with Crippen LogP contribution in [0.5, 0.6) is 5.75 Å². The van der Waals surface area contributed by atoms with Crippen molar-refractivity contribution < 1.29 is 27.1 Å². The number of aromatic nitrogens is 1. The first-order chi connectivity index (χ1) is 11.7. The van der Waals surface area contributed by atoms with Gasteiger partial charge in [0.1, 0.15) is 11.6 Å². The topological polar surface area (TPSA) is 42.4 Å². The molecule has 2 heterocycles. The van der Waals surface area contributed by atoms with Gasteiger partial charge in [0, 0.05) is 30.8 Å². The van der Waals surface area contributed by atoms with Gasteiger partial charge in [-0.3, -0.25) is 9.78 Å². The Morgan fingerprint density at radius 2 is 2.00 bits per heavy atom. The van der Waals surface area contributed by atoms with Crippen molar-refractivity contribution in [2.45, 2.75) is 26.3 Å². The molecule has 1 aromatic carbocycles. The molecule has 0 saturated heterocycles. The number of nitrogens with zero attached hydrogens (tertiary/aromatic N) is 2. The first-order valence-electron chi connectivity index (χ1n) is 7.53. The van der Waals surface area contributed by atoms with E-state index >= 15 is 0 Å². The number of ether oxygens (including phenoxy) is 1. The number of rotatable bonds is 3. The van der Waals surface area contributed by atoms with Crippen molar-refractivity contribution in [3.63, 3.8) is 0 Å². The third-order valence-corrected chi connectivity index (χ3v) is 3.86. The van der Waals surface area contributed by atoms with Crippen LogP contribution >= 0.6 is 0 Å². The maximum absolute atomic E-state index is 13.9. The Morgan fingerprint density at radius 3 is 2.72 bits per heavy atom. The molecule has 4 nitrogen and oxygen atoms in total. The average molecular weight is 354 g/mol. The largest absolute Gasteiger partial charge is 0.573 e. The van der Waals surface area contributed by atoms with E-state index in [4.69, 9.17) is 0 Å². The van der Waals surface area contributed by atoms with Gasteiger partial charge in [-0.05, 0) is 37.3 Å². The summed E-state index contributed by atoms with van der Waals surface area (Å²) in [4.78, 5) is 18.2. The van der Waals surface area contributed by atoms with Gasteiger partial charge in [0.2, 0.25) is 0 Å². The number of fused-ring (bicyclic) bond motifs is 1. The molecular weight excluding hydrogens is 340 g/mol. The van der Waals surface area contributed by atoms with Crippen molar-refractivity contribution in [1.82, 2.24) is 9.88 Å². The lowest BCUT2D eigenvalue weighted by Gasteiger charge is -2.28. The minimum atomic E-state index is -4.86. The lowest BCUT2D eigenvalue weighted by atomic mass is 10.0. The molecule has 1 amide bonds. The Labute approximate surface area is 141 Å². The summed E-state index contributed by atoms with van der Waals surface area (Å²) < 4.78 is 54.7. The molecule has 0 spiro atoms. The summed E-state index contributed by atoms with van der Waals surface area (Å²) in [7, 11) is 0. The normalized spacial score (nSPS) is 14.4. The summed E-state index contributed by atoms with van der Waals surface area (Å²) >= 11 is 0. The lowest BCUT2D eigenvalue weighted by molar-refractivity contribution is -0.274. The zero-order chi connectivity index (χ0) is 18.2. The Hall–Kier alpha value is -2.64. The van der Waals surface area contributed by atoms with Crippen molar-refractivity contribution in [3.05, 3.63) is 58.7 Å². The molecular formula is C17H14F4N2O2. The summed E-state index contributed by atoms with van der Waals surface area (Å²) in [5.74, 6) is -1.54. The maximum Gasteiger partial charge on any atom is 0.573 e. The molecule has 0 saturated carbocycles. The van der Waals surface area contributed by atoms with Crippen molar-refractivity contribution in [1.29, 1.82) is 0 Å². The number of amides is 1. The fourth-order valence-electron chi connectivity index (χ4n) is 2.73. The Balaban J connectivity index is 1.82. The first kappa shape index (κ1) is 17.2. The first-order valence-corrected chi connectivity index (χ1v) is 7.53. The second kappa shape index (κ2) is 6.34. The van der Waals surface area contributed by atoms with Crippen molar-refractivity contribution in [2.75, 3.05) is 6.54 Å². The molecule has 1 aliphatic heterocycles. The molecule has 0 unspecified atom stereocenters. The van der Waals surface area contributed by atoms with E-state index in [0.29, 0.717) is 24.2 Å². The molecule has 1 aliphatic rings. The molecule has 8 heteroatoms. The van der Waals surface area contributed by atoms with E-state index in [9.17, 15) is 22.4 Å². The van der Waals surface area contributed by atoms with Gasteiger partial charge in [0.05, 0.1) is 11.3 Å². The van der Waals surface area contributed by atoms with Crippen LogP contribution in [0.1, 0.15) is 27.3 Å². The highest BCUT2D eigenvalue weighted by Crippen LogP contribution is 2.26. The predicted molar refractivity (Wildman–Crippen MR) is 80.5 cm³/mol. The number of hydrogen-bond donors (Lipinski definition) is 0. The quantitative estimate of drug-likeness (QED) is 0.791. The maximum atomic E-state index is 13.9. The second-order valence-corrected chi connectivity index (χ2v) is 5.72. The molecule has 0 bridgehead atoms. The minimum Gasteiger partial charge on any atom is -0.406 e.